The van der Waals surface area contributed by atoms with E-state index in [-0.39, 0.29) is 6.54 Å². The van der Waals surface area contributed by atoms with Crippen molar-refractivity contribution < 1.29 is 14.3 Å². The fraction of sp³-hybridized carbons (Fsp3) is 0.500. The van der Waals surface area contributed by atoms with E-state index in [1.807, 2.05) is 25.1 Å². The van der Waals surface area contributed by atoms with Crippen molar-refractivity contribution in [2.24, 2.45) is 4.99 Å². The van der Waals surface area contributed by atoms with Crippen LogP contribution in [0.3, 0.4) is 0 Å². The molecule has 0 amide bonds. The maximum absolute atomic E-state index is 10.6. The van der Waals surface area contributed by atoms with Gasteiger partial charge in [-0.25, -0.2) is 4.99 Å². The Labute approximate surface area is 167 Å². The molecule has 0 saturated heterocycles. The maximum atomic E-state index is 10.6. The molecule has 3 N–H and O–H groups in total. The van der Waals surface area contributed by atoms with Crippen LogP contribution in [0, 0.1) is 0 Å². The average molecular weight is 386 g/mol. The molecule has 152 valence electrons. The van der Waals surface area contributed by atoms with Crippen LogP contribution in [0.2, 0.25) is 0 Å². The summed E-state index contributed by atoms with van der Waals surface area (Å²) in [4.78, 5) is 4.68. The third-order valence-electron chi connectivity index (χ3n) is 4.97. The molecule has 1 aromatic heterocycles. The van der Waals surface area contributed by atoms with Gasteiger partial charge in [-0.2, -0.15) is 0 Å². The van der Waals surface area contributed by atoms with Crippen LogP contribution >= 0.6 is 0 Å². The summed E-state index contributed by atoms with van der Waals surface area (Å²) < 4.78 is 11.5. The van der Waals surface area contributed by atoms with Crippen molar-refractivity contribution in [2.75, 3.05) is 13.1 Å². The Kier molecular flexibility index (Phi) is 6.98. The summed E-state index contributed by atoms with van der Waals surface area (Å²) in [6.45, 7) is 5.24. The van der Waals surface area contributed by atoms with E-state index in [9.17, 15) is 5.11 Å². The Bertz CT molecular complexity index is 750. The summed E-state index contributed by atoms with van der Waals surface area (Å²) in [5, 5.41) is 17.0. The molecule has 6 nitrogen and oxygen atoms in total. The number of hydrogen-bond donors (Lipinski definition) is 3. The lowest BCUT2D eigenvalue weighted by Crippen LogP contribution is -2.44. The number of furan rings is 1. The second kappa shape index (κ2) is 9.64. The van der Waals surface area contributed by atoms with Gasteiger partial charge >= 0.3 is 0 Å². The van der Waals surface area contributed by atoms with Crippen molar-refractivity contribution in [3.8, 4) is 5.75 Å². The first-order chi connectivity index (χ1) is 13.6. The number of rotatable bonds is 8. The predicted molar refractivity (Wildman–Crippen MR) is 110 cm³/mol. The number of ether oxygens (including phenoxy) is 1. The van der Waals surface area contributed by atoms with Crippen LogP contribution in [0.1, 0.15) is 50.9 Å². The first-order valence-electron chi connectivity index (χ1n) is 10.1. The lowest BCUT2D eigenvalue weighted by Gasteiger charge is -2.23. The molecule has 1 atom stereocenters. The zero-order valence-electron chi connectivity index (χ0n) is 16.8. The zero-order chi connectivity index (χ0) is 19.8. The van der Waals surface area contributed by atoms with Gasteiger partial charge in [0.05, 0.1) is 25.5 Å². The molecule has 6 heteroatoms. The van der Waals surface area contributed by atoms with Crippen LogP contribution < -0.4 is 15.4 Å². The van der Waals surface area contributed by atoms with E-state index in [1.165, 1.54) is 12.8 Å². The molecule has 1 aliphatic carbocycles. The van der Waals surface area contributed by atoms with Crippen molar-refractivity contribution in [1.82, 2.24) is 10.6 Å². The lowest BCUT2D eigenvalue weighted by molar-refractivity contribution is 0.0386. The first-order valence-corrected chi connectivity index (χ1v) is 10.1. The van der Waals surface area contributed by atoms with E-state index in [2.05, 4.69) is 21.7 Å². The third kappa shape index (κ3) is 5.52. The van der Waals surface area contributed by atoms with Crippen molar-refractivity contribution in [2.45, 2.75) is 57.8 Å². The summed E-state index contributed by atoms with van der Waals surface area (Å²) in [6, 6.07) is 11.6. The second-order valence-corrected chi connectivity index (χ2v) is 7.43. The summed E-state index contributed by atoms with van der Waals surface area (Å²) >= 11 is 0. The largest absolute Gasteiger partial charge is 0.490 e. The SMILES string of the molecule is CCNC(=NCc1ccccc1OC1CCCC1)NCC(C)(O)c1ccco1. The molecule has 1 fully saturated rings. The molecule has 1 aromatic carbocycles. The Balaban J connectivity index is 1.64. The van der Waals surface area contributed by atoms with Crippen molar-refractivity contribution >= 4 is 5.96 Å². The summed E-state index contributed by atoms with van der Waals surface area (Å²) in [7, 11) is 0. The number of nitrogens with zero attached hydrogens (tertiary/aromatic N) is 1. The molecule has 28 heavy (non-hydrogen) atoms. The summed E-state index contributed by atoms with van der Waals surface area (Å²) in [5.74, 6) is 2.08. The van der Waals surface area contributed by atoms with E-state index >= 15 is 0 Å². The first kappa shape index (κ1) is 20.3. The van der Waals surface area contributed by atoms with Gasteiger partial charge in [0.15, 0.2) is 5.96 Å². The minimum Gasteiger partial charge on any atom is -0.490 e. The fourth-order valence-electron chi connectivity index (χ4n) is 3.37. The molecule has 1 saturated carbocycles. The molecule has 0 radical (unpaired) electrons. The molecule has 1 heterocycles. The van der Waals surface area contributed by atoms with E-state index in [4.69, 9.17) is 9.15 Å². The quantitative estimate of drug-likeness (QED) is 0.478. The number of aliphatic imine (C=N–C) groups is 1. The number of benzene rings is 1. The standard InChI is InChI=1S/C22H31N3O3/c1-3-23-21(25-16-22(2,26)20-13-8-14-27-20)24-15-17-9-4-7-12-19(17)28-18-10-5-6-11-18/h4,7-9,12-14,18,26H,3,5-6,10-11,15-16H2,1-2H3,(H2,23,24,25). The van der Waals surface area contributed by atoms with Crippen LogP contribution in [-0.2, 0) is 12.1 Å². The monoisotopic (exact) mass is 385 g/mol. The molecular weight excluding hydrogens is 354 g/mol. The second-order valence-electron chi connectivity index (χ2n) is 7.43. The molecule has 1 aliphatic rings. The van der Waals surface area contributed by atoms with Gasteiger partial charge < -0.3 is 24.9 Å². The van der Waals surface area contributed by atoms with E-state index in [0.717, 1.165) is 30.7 Å². The van der Waals surface area contributed by atoms with Gasteiger partial charge in [0.1, 0.15) is 17.1 Å². The molecular formula is C22H31N3O3. The lowest BCUT2D eigenvalue weighted by atomic mass is 10.0. The van der Waals surface area contributed by atoms with Gasteiger partial charge in [-0.05, 0) is 57.7 Å². The number of nitrogens with one attached hydrogen (secondary N) is 2. The van der Waals surface area contributed by atoms with Crippen LogP contribution in [0.15, 0.2) is 52.1 Å². The average Bonchev–Trinajstić information content (AvgIpc) is 3.39. The minimum absolute atomic E-state index is 0.284. The third-order valence-corrected chi connectivity index (χ3v) is 4.97. The highest BCUT2D eigenvalue weighted by molar-refractivity contribution is 5.79. The van der Waals surface area contributed by atoms with Crippen molar-refractivity contribution in [1.29, 1.82) is 0 Å². The van der Waals surface area contributed by atoms with Crippen LogP contribution in [0.4, 0.5) is 0 Å². The van der Waals surface area contributed by atoms with Gasteiger partial charge in [-0.15, -0.1) is 0 Å². The van der Waals surface area contributed by atoms with E-state index in [0.29, 0.717) is 24.4 Å². The Morgan fingerprint density at radius 3 is 2.71 bits per heavy atom. The molecule has 3 rings (SSSR count). The fourth-order valence-corrected chi connectivity index (χ4v) is 3.37. The maximum Gasteiger partial charge on any atom is 0.191 e. The number of para-hydroxylation sites is 1. The molecule has 0 spiro atoms. The zero-order valence-corrected chi connectivity index (χ0v) is 16.8. The molecule has 0 bridgehead atoms. The number of aliphatic hydroxyl groups is 1. The Hall–Kier alpha value is -2.47. The van der Waals surface area contributed by atoms with Gasteiger partial charge in [0.25, 0.3) is 0 Å². The summed E-state index contributed by atoms with van der Waals surface area (Å²) in [5.41, 5.74) is -0.0622. The minimum atomic E-state index is -1.12. The Morgan fingerprint density at radius 2 is 2.00 bits per heavy atom. The van der Waals surface area contributed by atoms with Crippen LogP contribution in [-0.4, -0.2) is 30.3 Å². The van der Waals surface area contributed by atoms with Gasteiger partial charge in [-0.3, -0.25) is 0 Å². The van der Waals surface area contributed by atoms with Crippen LogP contribution in [0.25, 0.3) is 0 Å². The highest BCUT2D eigenvalue weighted by Gasteiger charge is 2.26. The van der Waals surface area contributed by atoms with Gasteiger partial charge in [-0.1, -0.05) is 18.2 Å². The molecule has 2 aromatic rings. The predicted octanol–water partition coefficient (Wildman–Crippen LogP) is 3.56. The van der Waals surface area contributed by atoms with Gasteiger partial charge in [0.2, 0.25) is 0 Å². The topological polar surface area (TPSA) is 79.0 Å². The highest BCUT2D eigenvalue weighted by Crippen LogP contribution is 2.27. The smallest absolute Gasteiger partial charge is 0.191 e. The van der Waals surface area contributed by atoms with E-state index in [1.54, 1.807) is 25.3 Å². The highest BCUT2D eigenvalue weighted by atomic mass is 16.5. The van der Waals surface area contributed by atoms with Crippen molar-refractivity contribution in [3.63, 3.8) is 0 Å². The number of hydrogen-bond acceptors (Lipinski definition) is 4. The molecule has 0 aliphatic heterocycles. The molecule has 1 unspecified atom stereocenters. The Morgan fingerprint density at radius 1 is 1.21 bits per heavy atom. The van der Waals surface area contributed by atoms with Gasteiger partial charge in [0, 0.05) is 12.1 Å². The summed E-state index contributed by atoms with van der Waals surface area (Å²) in [6.07, 6.45) is 6.63. The van der Waals surface area contributed by atoms with Crippen LogP contribution in [0.5, 0.6) is 5.75 Å². The normalized spacial score (nSPS) is 17.3. The van der Waals surface area contributed by atoms with E-state index < -0.39 is 5.60 Å². The number of guanidine groups is 1. The van der Waals surface area contributed by atoms with Crippen molar-refractivity contribution in [3.05, 3.63) is 54.0 Å².